The third-order valence-corrected chi connectivity index (χ3v) is 5.33. The first-order valence-corrected chi connectivity index (χ1v) is 8.20. The van der Waals surface area contributed by atoms with Crippen LogP contribution in [0.3, 0.4) is 0 Å². The zero-order valence-corrected chi connectivity index (χ0v) is 12.9. The van der Waals surface area contributed by atoms with Gasteiger partial charge >= 0.3 is 6.03 Å². The molecule has 1 aliphatic rings. The molecule has 0 bridgehead atoms. The van der Waals surface area contributed by atoms with Crippen LogP contribution in [0.1, 0.15) is 37.0 Å². The minimum atomic E-state index is -0.0967. The lowest BCUT2D eigenvalue weighted by Crippen LogP contribution is -2.46. The Kier molecular flexibility index (Phi) is 5.43. The second-order valence-corrected chi connectivity index (χ2v) is 6.57. The fourth-order valence-corrected chi connectivity index (χ4v) is 3.94. The maximum absolute atomic E-state index is 12.0. The Bertz CT molecular complexity index is 414. The third kappa shape index (κ3) is 3.52. The van der Waals surface area contributed by atoms with Gasteiger partial charge in [0.25, 0.3) is 0 Å². The highest BCUT2D eigenvalue weighted by atomic mass is 32.1. The fourth-order valence-electron chi connectivity index (χ4n) is 2.95. The molecule has 1 heterocycles. The second kappa shape index (κ2) is 7.09. The molecule has 1 aromatic heterocycles. The highest BCUT2D eigenvalue weighted by molar-refractivity contribution is 7.10. The van der Waals surface area contributed by atoms with Crippen molar-refractivity contribution in [3.8, 4) is 0 Å². The van der Waals surface area contributed by atoms with Crippen molar-refractivity contribution in [3.63, 3.8) is 0 Å². The number of urea groups is 1. The summed E-state index contributed by atoms with van der Waals surface area (Å²) in [6.45, 7) is 1.07. The molecule has 2 rings (SSSR count). The summed E-state index contributed by atoms with van der Waals surface area (Å²) >= 11 is 1.79. The molecule has 0 spiro atoms. The van der Waals surface area contributed by atoms with E-state index in [0.29, 0.717) is 13.1 Å². The Balaban J connectivity index is 2.00. The summed E-state index contributed by atoms with van der Waals surface area (Å²) in [4.78, 5) is 14.9. The number of nitrogens with zero attached hydrogens (tertiary/aromatic N) is 1. The van der Waals surface area contributed by atoms with Crippen LogP contribution < -0.4 is 5.32 Å². The number of amides is 2. The molecule has 1 aromatic rings. The first-order chi connectivity index (χ1) is 9.68. The molecular weight excluding hydrogens is 272 g/mol. The summed E-state index contributed by atoms with van der Waals surface area (Å²) in [6, 6.07) is 4.19. The predicted octanol–water partition coefficient (Wildman–Crippen LogP) is 2.58. The monoisotopic (exact) mass is 296 g/mol. The van der Waals surface area contributed by atoms with E-state index in [9.17, 15) is 4.79 Å². The first-order valence-electron chi connectivity index (χ1n) is 7.32. The Labute approximate surface area is 124 Å². The van der Waals surface area contributed by atoms with Gasteiger partial charge in [0.1, 0.15) is 0 Å². The largest absolute Gasteiger partial charge is 0.395 e. The first kappa shape index (κ1) is 15.3. The van der Waals surface area contributed by atoms with E-state index in [1.807, 2.05) is 0 Å². The SMILES string of the molecule is CN(CCO)C(=O)NCC1(c2cccs2)CCCCC1. The van der Waals surface area contributed by atoms with Crippen LogP contribution in [0, 0.1) is 0 Å². The van der Waals surface area contributed by atoms with Crippen molar-refractivity contribution >= 4 is 17.4 Å². The Hall–Kier alpha value is -1.07. The summed E-state index contributed by atoms with van der Waals surface area (Å²) in [5.41, 5.74) is 0.113. The van der Waals surface area contributed by atoms with Gasteiger partial charge in [-0.25, -0.2) is 4.79 Å². The number of rotatable bonds is 5. The van der Waals surface area contributed by atoms with Gasteiger partial charge in [0.2, 0.25) is 0 Å². The summed E-state index contributed by atoms with van der Waals surface area (Å²) in [6.07, 6.45) is 6.07. The maximum Gasteiger partial charge on any atom is 0.317 e. The van der Waals surface area contributed by atoms with E-state index in [2.05, 4.69) is 22.8 Å². The fraction of sp³-hybridized carbons (Fsp3) is 0.667. The van der Waals surface area contributed by atoms with Crippen molar-refractivity contribution in [2.45, 2.75) is 37.5 Å². The van der Waals surface area contributed by atoms with Gasteiger partial charge < -0.3 is 15.3 Å². The Morgan fingerprint density at radius 1 is 1.45 bits per heavy atom. The summed E-state index contributed by atoms with van der Waals surface area (Å²) in [7, 11) is 1.71. The number of aliphatic hydroxyl groups is 1. The van der Waals surface area contributed by atoms with Crippen molar-refractivity contribution in [2.24, 2.45) is 0 Å². The summed E-state index contributed by atoms with van der Waals surface area (Å²) in [5.74, 6) is 0. The van der Waals surface area contributed by atoms with Crippen LogP contribution in [0.2, 0.25) is 0 Å². The number of hydrogen-bond donors (Lipinski definition) is 2. The van der Waals surface area contributed by atoms with Crippen molar-refractivity contribution < 1.29 is 9.90 Å². The number of hydrogen-bond acceptors (Lipinski definition) is 3. The van der Waals surface area contributed by atoms with Gasteiger partial charge in [0.05, 0.1) is 6.61 Å². The second-order valence-electron chi connectivity index (χ2n) is 5.62. The highest BCUT2D eigenvalue weighted by Crippen LogP contribution is 2.41. The molecular formula is C15H24N2O2S. The molecule has 0 saturated heterocycles. The van der Waals surface area contributed by atoms with E-state index in [4.69, 9.17) is 5.11 Å². The average molecular weight is 296 g/mol. The zero-order valence-electron chi connectivity index (χ0n) is 12.1. The van der Waals surface area contributed by atoms with Crippen LogP contribution in [0.25, 0.3) is 0 Å². The molecule has 0 radical (unpaired) electrons. The maximum atomic E-state index is 12.0. The van der Waals surface area contributed by atoms with Gasteiger partial charge in [-0.05, 0) is 24.3 Å². The molecule has 112 valence electrons. The molecule has 0 unspecified atom stereocenters. The van der Waals surface area contributed by atoms with Crippen molar-refractivity contribution in [1.29, 1.82) is 0 Å². The molecule has 0 atom stereocenters. The van der Waals surface area contributed by atoms with Gasteiger partial charge in [0, 0.05) is 30.4 Å². The third-order valence-electron chi connectivity index (χ3n) is 4.21. The molecule has 2 N–H and O–H groups in total. The molecule has 1 aliphatic carbocycles. The van der Waals surface area contributed by atoms with Crippen LogP contribution >= 0.6 is 11.3 Å². The molecule has 0 aromatic carbocycles. The van der Waals surface area contributed by atoms with Crippen molar-refractivity contribution in [1.82, 2.24) is 10.2 Å². The van der Waals surface area contributed by atoms with Crippen LogP contribution in [-0.2, 0) is 5.41 Å². The van der Waals surface area contributed by atoms with E-state index in [0.717, 1.165) is 12.8 Å². The highest BCUT2D eigenvalue weighted by Gasteiger charge is 2.35. The van der Waals surface area contributed by atoms with Crippen LogP contribution in [-0.4, -0.2) is 42.8 Å². The molecule has 5 heteroatoms. The van der Waals surface area contributed by atoms with Gasteiger partial charge in [-0.15, -0.1) is 11.3 Å². The topological polar surface area (TPSA) is 52.6 Å². The Morgan fingerprint density at radius 3 is 2.80 bits per heavy atom. The van der Waals surface area contributed by atoms with Gasteiger partial charge in [-0.2, -0.15) is 0 Å². The van der Waals surface area contributed by atoms with Crippen LogP contribution in [0.4, 0.5) is 4.79 Å². The van der Waals surface area contributed by atoms with E-state index in [-0.39, 0.29) is 18.1 Å². The summed E-state index contributed by atoms with van der Waals surface area (Å²) < 4.78 is 0. The predicted molar refractivity (Wildman–Crippen MR) is 82.2 cm³/mol. The summed E-state index contributed by atoms with van der Waals surface area (Å²) in [5, 5.41) is 14.0. The molecule has 4 nitrogen and oxygen atoms in total. The normalized spacial score (nSPS) is 17.7. The van der Waals surface area contributed by atoms with Crippen molar-refractivity contribution in [2.75, 3.05) is 26.7 Å². The van der Waals surface area contributed by atoms with E-state index in [1.54, 1.807) is 18.4 Å². The number of carbonyl (C=O) groups excluding carboxylic acids is 1. The van der Waals surface area contributed by atoms with Gasteiger partial charge in [-0.1, -0.05) is 25.3 Å². The number of aliphatic hydroxyl groups excluding tert-OH is 1. The lowest BCUT2D eigenvalue weighted by atomic mass is 9.73. The minimum Gasteiger partial charge on any atom is -0.395 e. The lowest BCUT2D eigenvalue weighted by Gasteiger charge is -2.37. The van der Waals surface area contributed by atoms with E-state index >= 15 is 0 Å². The minimum absolute atomic E-state index is 0.0000124. The Morgan fingerprint density at radius 2 is 2.20 bits per heavy atom. The quantitative estimate of drug-likeness (QED) is 0.877. The number of thiophene rings is 1. The molecule has 1 fully saturated rings. The standard InChI is InChI=1S/C15H24N2O2S/c1-17(9-10-18)14(19)16-12-15(7-3-2-4-8-15)13-6-5-11-20-13/h5-6,11,18H,2-4,7-10,12H2,1H3,(H,16,19). The van der Waals surface area contributed by atoms with Crippen LogP contribution in [0.15, 0.2) is 17.5 Å². The molecule has 2 amide bonds. The van der Waals surface area contributed by atoms with Gasteiger partial charge in [-0.3, -0.25) is 0 Å². The van der Waals surface area contributed by atoms with E-state index < -0.39 is 0 Å². The van der Waals surface area contributed by atoms with Crippen LogP contribution in [0.5, 0.6) is 0 Å². The molecule has 20 heavy (non-hydrogen) atoms. The van der Waals surface area contributed by atoms with E-state index in [1.165, 1.54) is 29.0 Å². The number of likely N-dealkylation sites (N-methyl/N-ethyl adjacent to an activating group) is 1. The lowest BCUT2D eigenvalue weighted by molar-refractivity contribution is 0.185. The van der Waals surface area contributed by atoms with Crippen molar-refractivity contribution in [3.05, 3.63) is 22.4 Å². The molecule has 0 aliphatic heterocycles. The van der Waals surface area contributed by atoms with Gasteiger partial charge in [0.15, 0.2) is 0 Å². The smallest absolute Gasteiger partial charge is 0.317 e. The number of carbonyl (C=O) groups is 1. The molecule has 1 saturated carbocycles. The number of nitrogens with one attached hydrogen (secondary N) is 1. The average Bonchev–Trinajstić information content (AvgIpc) is 3.01. The zero-order chi connectivity index (χ0) is 14.4.